The highest BCUT2D eigenvalue weighted by atomic mass is 28.4. The zero-order valence-corrected chi connectivity index (χ0v) is 18.0. The molecule has 144 valence electrons. The Labute approximate surface area is 152 Å². The number of esters is 2. The first kappa shape index (κ1) is 21.7. The number of nitrogens with zero attached hydrogens (tertiary/aromatic N) is 1. The number of ether oxygens (including phenoxy) is 2. The van der Waals surface area contributed by atoms with Crippen LogP contribution < -0.4 is 0 Å². The van der Waals surface area contributed by atoms with Crippen molar-refractivity contribution < 1.29 is 23.5 Å². The highest BCUT2D eigenvalue weighted by molar-refractivity contribution is 6.74. The van der Waals surface area contributed by atoms with Crippen LogP contribution in [0, 0.1) is 11.8 Å². The lowest BCUT2D eigenvalue weighted by atomic mass is 9.78. The molecule has 7 heteroatoms. The van der Waals surface area contributed by atoms with Gasteiger partial charge in [-0.2, -0.15) is 0 Å². The third-order valence-electron chi connectivity index (χ3n) is 5.35. The van der Waals surface area contributed by atoms with Gasteiger partial charge in [0.2, 0.25) is 8.32 Å². The van der Waals surface area contributed by atoms with E-state index in [1.807, 2.05) is 25.1 Å². The van der Waals surface area contributed by atoms with Crippen LogP contribution >= 0.6 is 0 Å². The molecule has 0 aromatic carbocycles. The van der Waals surface area contributed by atoms with E-state index < -0.39 is 32.1 Å². The summed E-state index contributed by atoms with van der Waals surface area (Å²) in [5.74, 6) is -1.28. The van der Waals surface area contributed by atoms with E-state index in [0.29, 0.717) is 6.42 Å². The normalized spacial score (nSPS) is 24.6. The average molecular weight is 372 g/mol. The van der Waals surface area contributed by atoms with Gasteiger partial charge in [0.25, 0.3) is 0 Å². The summed E-state index contributed by atoms with van der Waals surface area (Å²) >= 11 is 0. The Morgan fingerprint density at radius 2 is 1.64 bits per heavy atom. The Bertz CT molecular complexity index is 536. The molecule has 0 amide bonds. The van der Waals surface area contributed by atoms with E-state index in [4.69, 9.17) is 13.9 Å². The summed E-state index contributed by atoms with van der Waals surface area (Å²) in [6, 6.07) is -0.287. The van der Waals surface area contributed by atoms with Crippen molar-refractivity contribution in [3.63, 3.8) is 0 Å². The minimum absolute atomic E-state index is 0.0431. The van der Waals surface area contributed by atoms with Crippen LogP contribution in [-0.2, 0) is 23.5 Å². The molecular formula is C18H33NO5Si. The SMILES string of the molecule is COC(=O)[C@H]1[C@H](N(C)C)C=C(O[Si](C)(C)C(C)(C)C)C[C@H]1C(=O)OC. The van der Waals surface area contributed by atoms with Gasteiger partial charge in [-0.1, -0.05) is 20.8 Å². The molecule has 0 heterocycles. The minimum Gasteiger partial charge on any atom is -0.547 e. The minimum atomic E-state index is -2.04. The van der Waals surface area contributed by atoms with Gasteiger partial charge in [0.05, 0.1) is 31.8 Å². The van der Waals surface area contributed by atoms with Crippen LogP contribution in [0.1, 0.15) is 27.2 Å². The summed E-state index contributed by atoms with van der Waals surface area (Å²) in [7, 11) is 4.39. The quantitative estimate of drug-likeness (QED) is 0.547. The molecule has 1 rings (SSSR count). The lowest BCUT2D eigenvalue weighted by molar-refractivity contribution is -0.160. The molecule has 3 atom stereocenters. The zero-order chi connectivity index (χ0) is 19.6. The van der Waals surface area contributed by atoms with Crippen LogP contribution in [0.15, 0.2) is 11.8 Å². The van der Waals surface area contributed by atoms with Crippen molar-refractivity contribution in [2.45, 2.75) is 51.4 Å². The number of hydrogen-bond donors (Lipinski definition) is 0. The first-order valence-electron chi connectivity index (χ1n) is 8.57. The molecule has 1 aliphatic rings. The van der Waals surface area contributed by atoms with Gasteiger partial charge in [0.1, 0.15) is 0 Å². The molecule has 0 bridgehead atoms. The van der Waals surface area contributed by atoms with Gasteiger partial charge >= 0.3 is 11.9 Å². The lowest BCUT2D eigenvalue weighted by Gasteiger charge is -2.42. The Balaban J connectivity index is 3.29. The van der Waals surface area contributed by atoms with Crippen LogP contribution in [0.25, 0.3) is 0 Å². The van der Waals surface area contributed by atoms with Crippen LogP contribution in [0.4, 0.5) is 0 Å². The van der Waals surface area contributed by atoms with Crippen LogP contribution in [0.5, 0.6) is 0 Å². The van der Waals surface area contributed by atoms with Gasteiger partial charge in [-0.25, -0.2) is 0 Å². The molecule has 0 radical (unpaired) electrons. The van der Waals surface area contributed by atoms with Gasteiger partial charge in [-0.3, -0.25) is 9.59 Å². The Morgan fingerprint density at radius 1 is 1.12 bits per heavy atom. The van der Waals surface area contributed by atoms with Crippen molar-refractivity contribution in [3.8, 4) is 0 Å². The van der Waals surface area contributed by atoms with Crippen molar-refractivity contribution in [2.75, 3.05) is 28.3 Å². The predicted octanol–water partition coefficient (Wildman–Crippen LogP) is 2.80. The van der Waals surface area contributed by atoms with E-state index in [0.717, 1.165) is 5.76 Å². The molecule has 25 heavy (non-hydrogen) atoms. The monoisotopic (exact) mass is 371 g/mol. The number of methoxy groups -OCH3 is 2. The van der Waals surface area contributed by atoms with E-state index >= 15 is 0 Å². The molecule has 0 N–H and O–H groups in total. The highest BCUT2D eigenvalue weighted by Gasteiger charge is 2.47. The fourth-order valence-electron chi connectivity index (χ4n) is 2.79. The van der Waals surface area contributed by atoms with Crippen LogP contribution in [0.3, 0.4) is 0 Å². The maximum Gasteiger partial charge on any atom is 0.311 e. The topological polar surface area (TPSA) is 65.1 Å². The van der Waals surface area contributed by atoms with Crippen molar-refractivity contribution in [1.82, 2.24) is 4.90 Å². The smallest absolute Gasteiger partial charge is 0.311 e. The molecule has 0 unspecified atom stereocenters. The summed E-state index contributed by atoms with van der Waals surface area (Å²) in [5.41, 5.74) is 0. The number of hydrogen-bond acceptors (Lipinski definition) is 6. The van der Waals surface area contributed by atoms with Gasteiger partial charge in [-0.15, -0.1) is 0 Å². The van der Waals surface area contributed by atoms with E-state index in [9.17, 15) is 9.59 Å². The number of likely N-dealkylation sites (N-methyl/N-ethyl adjacent to an activating group) is 1. The molecule has 0 spiro atoms. The number of carbonyl (C=O) groups excluding carboxylic acids is 2. The largest absolute Gasteiger partial charge is 0.547 e. The molecule has 0 aromatic rings. The molecule has 0 aliphatic heterocycles. The summed E-state index contributed by atoms with van der Waals surface area (Å²) in [5, 5.41) is 0.0431. The third-order valence-corrected chi connectivity index (χ3v) is 9.73. The molecule has 0 saturated heterocycles. The second kappa shape index (κ2) is 7.91. The van der Waals surface area contributed by atoms with Gasteiger partial charge in [0, 0.05) is 12.5 Å². The first-order valence-corrected chi connectivity index (χ1v) is 11.5. The first-order chi connectivity index (χ1) is 11.4. The maximum absolute atomic E-state index is 12.4. The molecular weight excluding hydrogens is 338 g/mol. The fraction of sp³-hybridized carbons (Fsp3) is 0.778. The third kappa shape index (κ3) is 4.85. The Morgan fingerprint density at radius 3 is 2.04 bits per heavy atom. The predicted molar refractivity (Wildman–Crippen MR) is 99.5 cm³/mol. The van der Waals surface area contributed by atoms with Gasteiger partial charge in [-0.05, 0) is 38.3 Å². The number of rotatable bonds is 5. The zero-order valence-electron chi connectivity index (χ0n) is 17.0. The molecule has 6 nitrogen and oxygen atoms in total. The van der Waals surface area contributed by atoms with E-state index in [-0.39, 0.29) is 11.1 Å². The molecule has 0 aromatic heterocycles. The van der Waals surface area contributed by atoms with E-state index in [1.54, 1.807) is 0 Å². The van der Waals surface area contributed by atoms with Crippen molar-refractivity contribution in [3.05, 3.63) is 11.8 Å². The second-order valence-electron chi connectivity index (χ2n) is 8.33. The highest BCUT2D eigenvalue weighted by Crippen LogP contribution is 2.41. The van der Waals surface area contributed by atoms with Crippen molar-refractivity contribution in [1.29, 1.82) is 0 Å². The Hall–Kier alpha value is -1.34. The van der Waals surface area contributed by atoms with E-state index in [2.05, 4.69) is 33.9 Å². The van der Waals surface area contributed by atoms with Crippen molar-refractivity contribution in [2.24, 2.45) is 11.8 Å². The molecule has 1 aliphatic carbocycles. The lowest BCUT2D eigenvalue weighted by Crippen LogP contribution is -2.49. The number of carbonyl (C=O) groups is 2. The molecule has 0 saturated carbocycles. The average Bonchev–Trinajstić information content (AvgIpc) is 2.50. The van der Waals surface area contributed by atoms with Crippen LogP contribution in [-0.4, -0.2) is 59.5 Å². The van der Waals surface area contributed by atoms with Crippen molar-refractivity contribution >= 4 is 20.3 Å². The summed E-state index contributed by atoms with van der Waals surface area (Å²) in [6.45, 7) is 10.8. The standard InChI is InChI=1S/C18H33NO5Si/c1-18(2,3)25(8,9)24-12-10-13(16(20)22-6)15(17(21)23-7)14(11-12)19(4)5/h11,13-15H,10H2,1-9H3/t13-,14-,15-/m1/s1. The number of allylic oxidation sites excluding steroid dienone is 1. The van der Waals surface area contributed by atoms with Crippen LogP contribution in [0.2, 0.25) is 18.1 Å². The van der Waals surface area contributed by atoms with Gasteiger partial charge < -0.3 is 18.8 Å². The second-order valence-corrected chi connectivity index (χ2v) is 13.1. The van der Waals surface area contributed by atoms with E-state index in [1.165, 1.54) is 14.2 Å². The summed E-state index contributed by atoms with van der Waals surface area (Å²) < 4.78 is 16.3. The maximum atomic E-state index is 12.4. The molecule has 0 fully saturated rings. The summed E-state index contributed by atoms with van der Waals surface area (Å²) in [4.78, 5) is 26.6. The summed E-state index contributed by atoms with van der Waals surface area (Å²) in [6.07, 6.45) is 2.31. The Kier molecular flexibility index (Phi) is 6.86. The fourth-order valence-corrected chi connectivity index (χ4v) is 3.90. The van der Waals surface area contributed by atoms with Gasteiger partial charge in [0.15, 0.2) is 0 Å².